The van der Waals surface area contributed by atoms with E-state index in [1.807, 2.05) is 0 Å². The standard InChI is InChI=1S/C34H55NO4S/c1-7-28-27-12-11-25-21-26(39-31(37)14-13-30(36)35-19-20-40-32(35)38)15-18-34(25,6)29(27)16-17-33(28,5)22-24(4)10-8-9-23(2)3/h11,23-24,26-29H,7-10,12-22H2,1-6H3/t24-,26+,27?,28+,29+,33-,34+/m1/s1. The number of ether oxygens (including phenoxy) is 1. The van der Waals surface area contributed by atoms with Crippen molar-refractivity contribution in [2.24, 2.45) is 40.4 Å². The van der Waals surface area contributed by atoms with Gasteiger partial charge in [-0.1, -0.05) is 90.6 Å². The first-order valence-electron chi connectivity index (χ1n) is 16.3. The Morgan fingerprint density at radius 1 is 1.12 bits per heavy atom. The number of hydrogen-bond acceptors (Lipinski definition) is 5. The highest BCUT2D eigenvalue weighted by Gasteiger charge is 2.54. The molecule has 0 aromatic rings. The lowest BCUT2D eigenvalue weighted by Crippen LogP contribution is -2.51. The van der Waals surface area contributed by atoms with Crippen molar-refractivity contribution in [1.29, 1.82) is 0 Å². The molecule has 2 amide bonds. The lowest BCUT2D eigenvalue weighted by atomic mass is 9.46. The van der Waals surface area contributed by atoms with Gasteiger partial charge in [0.1, 0.15) is 6.10 Å². The fourth-order valence-electron chi connectivity index (χ4n) is 9.15. The van der Waals surface area contributed by atoms with Gasteiger partial charge in [0.25, 0.3) is 5.24 Å². The summed E-state index contributed by atoms with van der Waals surface area (Å²) >= 11 is 1.17. The molecule has 0 radical (unpaired) electrons. The number of imide groups is 1. The number of hydrogen-bond donors (Lipinski definition) is 0. The Bertz CT molecular complexity index is 962. The highest BCUT2D eigenvalue weighted by molar-refractivity contribution is 8.13. The normalized spacial score (nSPS) is 34.7. The van der Waals surface area contributed by atoms with Gasteiger partial charge in [-0.2, -0.15) is 0 Å². The van der Waals surface area contributed by atoms with Gasteiger partial charge in [-0.05, 0) is 78.9 Å². The average molecular weight is 574 g/mol. The fourth-order valence-corrected chi connectivity index (χ4v) is 9.95. The van der Waals surface area contributed by atoms with Crippen LogP contribution in [0.4, 0.5) is 4.79 Å². The first kappa shape index (κ1) is 31.6. The molecule has 3 aliphatic carbocycles. The number of esters is 1. The summed E-state index contributed by atoms with van der Waals surface area (Å²) in [7, 11) is 0. The van der Waals surface area contributed by atoms with Crippen LogP contribution in [-0.2, 0) is 14.3 Å². The van der Waals surface area contributed by atoms with Crippen molar-refractivity contribution < 1.29 is 19.1 Å². The minimum Gasteiger partial charge on any atom is -0.462 e. The van der Waals surface area contributed by atoms with Crippen LogP contribution in [0, 0.1) is 40.4 Å². The second-order valence-corrected chi connectivity index (χ2v) is 15.6. The lowest BCUT2D eigenvalue weighted by molar-refractivity contribution is -0.153. The Hall–Kier alpha value is -1.30. The molecule has 0 aromatic heterocycles. The average Bonchev–Trinajstić information content (AvgIpc) is 3.32. The molecule has 0 spiro atoms. The smallest absolute Gasteiger partial charge is 0.306 e. The summed E-state index contributed by atoms with van der Waals surface area (Å²) < 4.78 is 5.89. The Balaban J connectivity index is 1.33. The molecule has 2 saturated carbocycles. The molecule has 3 fully saturated rings. The molecule has 1 saturated heterocycles. The van der Waals surface area contributed by atoms with Gasteiger partial charge in [-0.15, -0.1) is 0 Å². The van der Waals surface area contributed by atoms with Crippen molar-refractivity contribution in [3.05, 3.63) is 11.6 Å². The molecule has 4 aliphatic rings. The number of carbonyl (C=O) groups is 3. The minimum atomic E-state index is -0.308. The van der Waals surface area contributed by atoms with Crippen molar-refractivity contribution in [2.75, 3.05) is 12.3 Å². The van der Waals surface area contributed by atoms with Gasteiger partial charge in [0.15, 0.2) is 0 Å². The molecule has 4 rings (SSSR count). The van der Waals surface area contributed by atoms with Crippen LogP contribution >= 0.6 is 11.8 Å². The lowest BCUT2D eigenvalue weighted by Gasteiger charge is -2.59. The van der Waals surface area contributed by atoms with E-state index in [-0.39, 0.29) is 41.5 Å². The molecule has 7 atom stereocenters. The molecule has 1 aliphatic heterocycles. The second kappa shape index (κ2) is 13.3. The molecule has 1 heterocycles. The summed E-state index contributed by atoms with van der Waals surface area (Å²) in [6, 6.07) is 0. The summed E-state index contributed by atoms with van der Waals surface area (Å²) in [5.41, 5.74) is 2.17. The zero-order valence-electron chi connectivity index (χ0n) is 26.1. The number of nitrogens with zero attached hydrogens (tertiary/aromatic N) is 1. The maximum absolute atomic E-state index is 12.6. The van der Waals surface area contributed by atoms with Crippen molar-refractivity contribution in [1.82, 2.24) is 4.90 Å². The fraction of sp³-hybridized carbons (Fsp3) is 0.853. The largest absolute Gasteiger partial charge is 0.462 e. The van der Waals surface area contributed by atoms with Crippen LogP contribution in [0.25, 0.3) is 0 Å². The zero-order chi connectivity index (χ0) is 29.1. The van der Waals surface area contributed by atoms with E-state index in [4.69, 9.17) is 4.74 Å². The van der Waals surface area contributed by atoms with Crippen LogP contribution in [0.2, 0.25) is 0 Å². The van der Waals surface area contributed by atoms with E-state index in [0.29, 0.717) is 17.7 Å². The molecule has 226 valence electrons. The van der Waals surface area contributed by atoms with Gasteiger partial charge < -0.3 is 4.74 Å². The van der Waals surface area contributed by atoms with E-state index in [1.165, 1.54) is 73.6 Å². The predicted molar refractivity (Wildman–Crippen MR) is 164 cm³/mol. The van der Waals surface area contributed by atoms with E-state index in [0.717, 1.165) is 48.9 Å². The molecule has 0 aromatic carbocycles. The summed E-state index contributed by atoms with van der Waals surface area (Å²) in [5, 5.41) is -0.197. The molecule has 0 bridgehead atoms. The first-order chi connectivity index (χ1) is 19.0. The van der Waals surface area contributed by atoms with Gasteiger partial charge >= 0.3 is 5.97 Å². The summed E-state index contributed by atoms with van der Waals surface area (Å²) in [6.07, 6.45) is 15.9. The number of amides is 2. The third-order valence-electron chi connectivity index (χ3n) is 11.2. The first-order valence-corrected chi connectivity index (χ1v) is 17.3. The Morgan fingerprint density at radius 2 is 1.90 bits per heavy atom. The summed E-state index contributed by atoms with van der Waals surface area (Å²) in [4.78, 5) is 38.0. The van der Waals surface area contributed by atoms with Crippen LogP contribution in [0.5, 0.6) is 0 Å². The van der Waals surface area contributed by atoms with Crippen LogP contribution in [0.15, 0.2) is 11.6 Å². The second-order valence-electron chi connectivity index (χ2n) is 14.5. The molecular formula is C34H55NO4S. The number of rotatable bonds is 11. The number of allylic oxidation sites excluding steroid dienone is 1. The highest BCUT2D eigenvalue weighted by Crippen LogP contribution is 2.63. The van der Waals surface area contributed by atoms with E-state index >= 15 is 0 Å². The van der Waals surface area contributed by atoms with Gasteiger partial charge in [0.2, 0.25) is 5.91 Å². The third-order valence-corrected chi connectivity index (χ3v) is 12.1. The van der Waals surface area contributed by atoms with Crippen molar-refractivity contribution in [3.63, 3.8) is 0 Å². The number of carbonyl (C=O) groups excluding carboxylic acids is 3. The highest BCUT2D eigenvalue weighted by atomic mass is 32.2. The van der Waals surface area contributed by atoms with Crippen molar-refractivity contribution in [3.8, 4) is 0 Å². The Morgan fingerprint density at radius 3 is 2.58 bits per heavy atom. The van der Waals surface area contributed by atoms with Crippen LogP contribution in [-0.4, -0.2) is 40.4 Å². The number of fused-ring (bicyclic) bond motifs is 3. The molecule has 5 nitrogen and oxygen atoms in total. The Labute approximate surface area is 248 Å². The van der Waals surface area contributed by atoms with Crippen LogP contribution in [0.3, 0.4) is 0 Å². The van der Waals surface area contributed by atoms with Crippen LogP contribution in [0.1, 0.15) is 125 Å². The van der Waals surface area contributed by atoms with E-state index < -0.39 is 0 Å². The van der Waals surface area contributed by atoms with Crippen molar-refractivity contribution in [2.45, 2.75) is 131 Å². The maximum atomic E-state index is 12.6. The maximum Gasteiger partial charge on any atom is 0.306 e. The van der Waals surface area contributed by atoms with E-state index in [2.05, 4.69) is 47.6 Å². The number of thioether (sulfide) groups is 1. The molecule has 1 unspecified atom stereocenters. The quantitative estimate of drug-likeness (QED) is 0.183. The van der Waals surface area contributed by atoms with Gasteiger partial charge in [-0.3, -0.25) is 19.3 Å². The Kier molecular flexibility index (Phi) is 10.5. The predicted octanol–water partition coefficient (Wildman–Crippen LogP) is 8.81. The van der Waals surface area contributed by atoms with E-state index in [1.54, 1.807) is 0 Å². The van der Waals surface area contributed by atoms with Crippen LogP contribution < -0.4 is 0 Å². The monoisotopic (exact) mass is 573 g/mol. The van der Waals surface area contributed by atoms with Gasteiger partial charge in [0, 0.05) is 25.1 Å². The van der Waals surface area contributed by atoms with E-state index in [9.17, 15) is 14.4 Å². The zero-order valence-corrected chi connectivity index (χ0v) is 27.0. The summed E-state index contributed by atoms with van der Waals surface area (Å²) in [5.74, 6) is 3.95. The topological polar surface area (TPSA) is 63.7 Å². The minimum absolute atomic E-state index is 0.0511. The SMILES string of the molecule is CC[C@H]1C2CC=C3C[C@@H](OC(=O)CCC(=O)N4CCSC4=O)CC[C@]3(C)[C@H]2CC[C@]1(C)C[C@H](C)CCCC(C)C. The van der Waals surface area contributed by atoms with Gasteiger partial charge in [-0.25, -0.2) is 0 Å². The van der Waals surface area contributed by atoms with Gasteiger partial charge in [0.05, 0.1) is 6.42 Å². The van der Waals surface area contributed by atoms with Crippen molar-refractivity contribution >= 4 is 28.9 Å². The molecule has 6 heteroatoms. The molecular weight excluding hydrogens is 518 g/mol. The summed E-state index contributed by atoms with van der Waals surface area (Å²) in [6.45, 7) is 15.2. The molecule has 0 N–H and O–H groups in total. The third kappa shape index (κ3) is 7.01. The molecule has 40 heavy (non-hydrogen) atoms.